The van der Waals surface area contributed by atoms with Gasteiger partial charge >= 0.3 is 0 Å². The number of halogens is 2. The molecule has 0 atom stereocenters. The lowest BCUT2D eigenvalue weighted by Gasteiger charge is -2.06. The predicted molar refractivity (Wildman–Crippen MR) is 104 cm³/mol. The van der Waals surface area contributed by atoms with Crippen LogP contribution >= 0.6 is 27.3 Å². The summed E-state index contributed by atoms with van der Waals surface area (Å²) in [6.45, 7) is 0.428. The third-order valence-electron chi connectivity index (χ3n) is 3.73. The van der Waals surface area contributed by atoms with E-state index in [9.17, 15) is 9.18 Å². The monoisotopic (exact) mass is 434 g/mol. The van der Waals surface area contributed by atoms with E-state index in [4.69, 9.17) is 4.74 Å². The largest absolute Gasteiger partial charge is 0.497 e. The van der Waals surface area contributed by atoms with E-state index in [2.05, 4.69) is 26.2 Å². The van der Waals surface area contributed by atoms with Crippen LogP contribution in [0.25, 0.3) is 11.3 Å². The van der Waals surface area contributed by atoms with Gasteiger partial charge in [-0.25, -0.2) is 9.37 Å². The summed E-state index contributed by atoms with van der Waals surface area (Å²) in [6, 6.07) is 11.7. The van der Waals surface area contributed by atoms with Gasteiger partial charge in [0.2, 0.25) is 0 Å². The van der Waals surface area contributed by atoms with Crippen molar-refractivity contribution in [2.45, 2.75) is 6.42 Å². The molecule has 7 heteroatoms. The van der Waals surface area contributed by atoms with Gasteiger partial charge in [0, 0.05) is 28.4 Å². The number of methoxy groups -OCH3 is 1. The number of ether oxygens (including phenoxy) is 1. The number of aromatic nitrogens is 1. The minimum absolute atomic E-state index is 0.281. The first-order valence-electron chi connectivity index (χ1n) is 7.89. The number of carbonyl (C=O) groups excluding carboxylic acids is 1. The molecule has 0 radical (unpaired) electrons. The second-order valence-electron chi connectivity index (χ2n) is 5.49. The van der Waals surface area contributed by atoms with Crippen LogP contribution in [-0.4, -0.2) is 24.5 Å². The quantitative estimate of drug-likeness (QED) is 0.611. The highest BCUT2D eigenvalue weighted by Crippen LogP contribution is 2.24. The van der Waals surface area contributed by atoms with E-state index in [1.165, 1.54) is 18.2 Å². The molecular formula is C19H16BrFN2O2S. The number of carbonyl (C=O) groups is 1. The van der Waals surface area contributed by atoms with Crippen LogP contribution in [-0.2, 0) is 6.42 Å². The Bertz CT molecular complexity index is 912. The molecule has 4 nitrogen and oxygen atoms in total. The van der Waals surface area contributed by atoms with Crippen LogP contribution < -0.4 is 10.1 Å². The summed E-state index contributed by atoms with van der Waals surface area (Å²) in [6.07, 6.45) is 0.611. The minimum Gasteiger partial charge on any atom is -0.497 e. The Morgan fingerprint density at radius 3 is 2.77 bits per heavy atom. The Hall–Kier alpha value is -2.25. The summed E-state index contributed by atoms with van der Waals surface area (Å²) in [5.41, 5.74) is 2.19. The number of benzene rings is 2. The summed E-state index contributed by atoms with van der Waals surface area (Å²) in [5, 5.41) is 5.71. The van der Waals surface area contributed by atoms with Crippen molar-refractivity contribution >= 4 is 33.2 Å². The van der Waals surface area contributed by atoms with E-state index in [1.54, 1.807) is 18.4 Å². The molecule has 0 aliphatic heterocycles. The van der Waals surface area contributed by atoms with Crippen molar-refractivity contribution in [3.63, 3.8) is 0 Å². The number of rotatable bonds is 6. The predicted octanol–water partition coefficient (Wildman–Crippen LogP) is 4.69. The van der Waals surface area contributed by atoms with Crippen LogP contribution in [0, 0.1) is 5.82 Å². The fourth-order valence-corrected chi connectivity index (χ4v) is 3.60. The molecule has 0 spiro atoms. The lowest BCUT2D eigenvalue weighted by Crippen LogP contribution is -2.26. The second kappa shape index (κ2) is 8.42. The van der Waals surface area contributed by atoms with Gasteiger partial charge in [0.25, 0.3) is 5.91 Å². The minimum atomic E-state index is -0.442. The van der Waals surface area contributed by atoms with E-state index in [0.29, 0.717) is 17.4 Å². The summed E-state index contributed by atoms with van der Waals surface area (Å²) in [4.78, 5) is 16.8. The molecule has 2 aromatic carbocycles. The van der Waals surface area contributed by atoms with Crippen LogP contribution in [0.1, 0.15) is 15.4 Å². The van der Waals surface area contributed by atoms with Gasteiger partial charge in [0.15, 0.2) is 0 Å². The van der Waals surface area contributed by atoms with Crippen molar-refractivity contribution in [1.29, 1.82) is 0 Å². The maximum absolute atomic E-state index is 13.3. The average Bonchev–Trinajstić information content (AvgIpc) is 3.12. The summed E-state index contributed by atoms with van der Waals surface area (Å²) >= 11 is 4.81. The van der Waals surface area contributed by atoms with E-state index in [0.717, 1.165) is 22.0 Å². The highest BCUT2D eigenvalue weighted by atomic mass is 79.9. The molecule has 0 fully saturated rings. The first-order chi connectivity index (χ1) is 12.6. The van der Waals surface area contributed by atoms with E-state index in [-0.39, 0.29) is 11.5 Å². The fraction of sp³-hybridized carbons (Fsp3) is 0.158. The zero-order valence-electron chi connectivity index (χ0n) is 14.0. The lowest BCUT2D eigenvalue weighted by molar-refractivity contribution is 0.0953. The van der Waals surface area contributed by atoms with Gasteiger partial charge < -0.3 is 10.1 Å². The molecule has 0 bridgehead atoms. The SMILES string of the molecule is COc1ccc(-c2csc(CCNC(=O)c3cc(F)ccc3Br)n2)cc1. The number of thiazole rings is 1. The maximum Gasteiger partial charge on any atom is 0.252 e. The molecule has 26 heavy (non-hydrogen) atoms. The van der Waals surface area contributed by atoms with Gasteiger partial charge in [-0.2, -0.15) is 0 Å². The number of hydrogen-bond donors (Lipinski definition) is 1. The van der Waals surface area contributed by atoms with Crippen LogP contribution in [0.3, 0.4) is 0 Å². The zero-order chi connectivity index (χ0) is 18.5. The van der Waals surface area contributed by atoms with E-state index >= 15 is 0 Å². The van der Waals surface area contributed by atoms with Crippen LogP contribution in [0.2, 0.25) is 0 Å². The molecule has 1 aromatic heterocycles. The van der Waals surface area contributed by atoms with Gasteiger partial charge in [-0.15, -0.1) is 11.3 Å². The normalized spacial score (nSPS) is 10.6. The molecule has 0 aliphatic carbocycles. The van der Waals surface area contributed by atoms with Crippen LogP contribution in [0.4, 0.5) is 4.39 Å². The number of nitrogens with zero attached hydrogens (tertiary/aromatic N) is 1. The van der Waals surface area contributed by atoms with Crippen molar-refractivity contribution in [2.24, 2.45) is 0 Å². The second-order valence-corrected chi connectivity index (χ2v) is 7.28. The third-order valence-corrected chi connectivity index (χ3v) is 5.34. The van der Waals surface area contributed by atoms with Crippen molar-refractivity contribution in [1.82, 2.24) is 10.3 Å². The van der Waals surface area contributed by atoms with E-state index in [1.807, 2.05) is 29.6 Å². The van der Waals surface area contributed by atoms with Crippen LogP contribution in [0.15, 0.2) is 52.3 Å². The molecule has 0 saturated carbocycles. The molecule has 3 aromatic rings. The number of nitrogens with one attached hydrogen (secondary N) is 1. The maximum atomic E-state index is 13.3. The lowest BCUT2D eigenvalue weighted by atomic mass is 10.2. The highest BCUT2D eigenvalue weighted by Gasteiger charge is 2.11. The molecule has 3 rings (SSSR count). The Morgan fingerprint density at radius 2 is 2.04 bits per heavy atom. The topological polar surface area (TPSA) is 51.2 Å². The first-order valence-corrected chi connectivity index (χ1v) is 9.56. The van der Waals surface area contributed by atoms with Crippen molar-refractivity contribution < 1.29 is 13.9 Å². The fourth-order valence-electron chi connectivity index (χ4n) is 2.37. The Balaban J connectivity index is 1.58. The third kappa shape index (κ3) is 4.47. The van der Waals surface area contributed by atoms with Crippen LogP contribution in [0.5, 0.6) is 5.75 Å². The number of hydrogen-bond acceptors (Lipinski definition) is 4. The average molecular weight is 435 g/mol. The highest BCUT2D eigenvalue weighted by molar-refractivity contribution is 9.10. The number of amides is 1. The Kier molecular flexibility index (Phi) is 6.00. The summed E-state index contributed by atoms with van der Waals surface area (Å²) in [5.74, 6) is 0.0427. The van der Waals surface area contributed by atoms with Crippen molar-refractivity contribution in [3.05, 3.63) is 68.7 Å². The van der Waals surface area contributed by atoms with Crippen molar-refractivity contribution in [3.8, 4) is 17.0 Å². The Labute approximate surface area is 163 Å². The van der Waals surface area contributed by atoms with Gasteiger partial charge in [-0.05, 0) is 58.4 Å². The van der Waals surface area contributed by atoms with Gasteiger partial charge in [0.05, 0.1) is 23.4 Å². The zero-order valence-corrected chi connectivity index (χ0v) is 16.4. The Morgan fingerprint density at radius 1 is 1.27 bits per heavy atom. The molecule has 0 unspecified atom stereocenters. The van der Waals surface area contributed by atoms with Gasteiger partial charge in [-0.1, -0.05) is 0 Å². The molecule has 0 saturated heterocycles. The molecule has 1 heterocycles. The van der Waals surface area contributed by atoms with Gasteiger partial charge in [-0.3, -0.25) is 4.79 Å². The smallest absolute Gasteiger partial charge is 0.252 e. The first kappa shape index (κ1) is 18.5. The summed E-state index contributed by atoms with van der Waals surface area (Å²) < 4.78 is 19.0. The molecule has 0 aliphatic rings. The van der Waals surface area contributed by atoms with E-state index < -0.39 is 5.82 Å². The van der Waals surface area contributed by atoms with Crippen molar-refractivity contribution in [2.75, 3.05) is 13.7 Å². The molecule has 134 valence electrons. The molecule has 1 N–H and O–H groups in total. The summed E-state index contributed by atoms with van der Waals surface area (Å²) in [7, 11) is 1.63. The molecular weight excluding hydrogens is 419 g/mol. The van der Waals surface area contributed by atoms with Gasteiger partial charge in [0.1, 0.15) is 11.6 Å². The molecule has 1 amide bonds. The standard InChI is InChI=1S/C19H16BrFN2O2S/c1-25-14-5-2-12(3-6-14)17-11-26-18(23-17)8-9-22-19(24)15-10-13(21)4-7-16(15)20/h2-7,10-11H,8-9H2,1H3,(H,22,24).